The van der Waals surface area contributed by atoms with Gasteiger partial charge in [-0.05, 0) is 19.1 Å². The molecule has 1 N–H and O–H groups in total. The summed E-state index contributed by atoms with van der Waals surface area (Å²) in [5, 5.41) is 3.57. The third kappa shape index (κ3) is 3.26. The summed E-state index contributed by atoms with van der Waals surface area (Å²) in [5.41, 5.74) is 0.308. The molecule has 0 bridgehead atoms. The number of carbonyl (C=O) groups is 2. The Bertz CT molecular complexity index is 572. The highest BCUT2D eigenvalue weighted by molar-refractivity contribution is 8.15. The Hall–Kier alpha value is -1.24. The Balaban J connectivity index is 2.15. The van der Waals surface area contributed by atoms with Gasteiger partial charge in [0, 0.05) is 6.54 Å². The predicted octanol–water partition coefficient (Wildman–Crippen LogP) is 3.48. The fourth-order valence-electron chi connectivity index (χ4n) is 1.63. The second-order valence-corrected chi connectivity index (χ2v) is 5.60. The summed E-state index contributed by atoms with van der Waals surface area (Å²) in [5.74, 6) is 0.243. The minimum atomic E-state index is -0.615. The molecule has 0 unspecified atom stereocenters. The highest BCUT2D eigenvalue weighted by atomic mass is 35.5. The van der Waals surface area contributed by atoms with Crippen LogP contribution in [0.15, 0.2) is 23.2 Å². The van der Waals surface area contributed by atoms with Gasteiger partial charge in [0.05, 0.1) is 21.5 Å². The topological polar surface area (TPSA) is 61.8 Å². The lowest BCUT2D eigenvalue weighted by Gasteiger charge is -2.12. The Morgan fingerprint density at radius 1 is 1.45 bits per heavy atom. The van der Waals surface area contributed by atoms with E-state index < -0.39 is 6.03 Å². The number of benzene rings is 1. The van der Waals surface area contributed by atoms with Gasteiger partial charge in [0.2, 0.25) is 5.91 Å². The summed E-state index contributed by atoms with van der Waals surface area (Å²) >= 11 is 13.1. The van der Waals surface area contributed by atoms with Gasteiger partial charge >= 0.3 is 6.03 Å². The van der Waals surface area contributed by atoms with E-state index in [0.717, 1.165) is 0 Å². The summed E-state index contributed by atoms with van der Waals surface area (Å²) < 4.78 is 0. The van der Waals surface area contributed by atoms with Crippen LogP contribution in [-0.4, -0.2) is 34.3 Å². The van der Waals surface area contributed by atoms with Gasteiger partial charge < -0.3 is 5.32 Å². The van der Waals surface area contributed by atoms with Gasteiger partial charge in [-0.1, -0.05) is 41.0 Å². The Morgan fingerprint density at radius 3 is 2.70 bits per heavy atom. The lowest BCUT2D eigenvalue weighted by atomic mass is 10.3. The summed E-state index contributed by atoms with van der Waals surface area (Å²) in [7, 11) is 0. The SMILES string of the molecule is CCN1C(=O)CS/C1=N\C(=O)Nc1c(Cl)cccc1Cl. The zero-order chi connectivity index (χ0) is 14.7. The standard InChI is InChI=1S/C12H11Cl2N3O2S/c1-2-17-9(18)6-20-12(17)16-11(19)15-10-7(13)4-3-5-8(10)14/h3-5H,2,6H2,1H3,(H,15,19)/b16-12-. The number of thioether (sulfide) groups is 1. The molecular formula is C12H11Cl2N3O2S. The van der Waals surface area contributed by atoms with E-state index in [1.54, 1.807) is 18.2 Å². The molecule has 1 heterocycles. The van der Waals surface area contributed by atoms with Crippen molar-refractivity contribution in [3.05, 3.63) is 28.2 Å². The van der Waals surface area contributed by atoms with Crippen molar-refractivity contribution in [2.45, 2.75) is 6.92 Å². The molecule has 0 aromatic heterocycles. The average Bonchev–Trinajstić information content (AvgIpc) is 2.74. The smallest absolute Gasteiger partial charge is 0.303 e. The molecule has 1 aliphatic heterocycles. The van der Waals surface area contributed by atoms with Crippen molar-refractivity contribution in [2.75, 3.05) is 17.6 Å². The van der Waals surface area contributed by atoms with Crippen LogP contribution in [0.5, 0.6) is 0 Å². The Labute approximate surface area is 130 Å². The quantitative estimate of drug-likeness (QED) is 0.902. The first-order chi connectivity index (χ1) is 9.52. The summed E-state index contributed by atoms with van der Waals surface area (Å²) in [6, 6.07) is 4.29. The molecule has 1 aromatic carbocycles. The van der Waals surface area contributed by atoms with Gasteiger partial charge in [0.15, 0.2) is 5.17 Å². The van der Waals surface area contributed by atoms with E-state index in [2.05, 4.69) is 10.3 Å². The van der Waals surface area contributed by atoms with Crippen LogP contribution in [0.3, 0.4) is 0 Å². The fourth-order valence-corrected chi connectivity index (χ4v) is 3.07. The van der Waals surface area contributed by atoms with Crippen molar-refractivity contribution >= 4 is 57.8 Å². The number of hydrogen-bond acceptors (Lipinski definition) is 3. The van der Waals surface area contributed by atoms with Crippen LogP contribution < -0.4 is 5.32 Å². The van der Waals surface area contributed by atoms with E-state index in [4.69, 9.17) is 23.2 Å². The number of aliphatic imine (C=N–C) groups is 1. The van der Waals surface area contributed by atoms with Crippen LogP contribution in [0, 0.1) is 0 Å². The molecule has 1 aliphatic rings. The van der Waals surface area contributed by atoms with Gasteiger partial charge in [-0.3, -0.25) is 9.69 Å². The maximum Gasteiger partial charge on any atom is 0.347 e. The van der Waals surface area contributed by atoms with Crippen molar-refractivity contribution in [1.29, 1.82) is 0 Å². The number of amidine groups is 1. The van der Waals surface area contributed by atoms with Crippen LogP contribution in [0.1, 0.15) is 6.92 Å². The van der Waals surface area contributed by atoms with Gasteiger partial charge in [0.25, 0.3) is 0 Å². The summed E-state index contributed by atoms with van der Waals surface area (Å²) in [6.07, 6.45) is 0. The molecule has 0 spiro atoms. The van der Waals surface area contributed by atoms with Crippen molar-refractivity contribution in [3.63, 3.8) is 0 Å². The average molecular weight is 332 g/mol. The fraction of sp³-hybridized carbons (Fsp3) is 0.250. The highest BCUT2D eigenvalue weighted by Gasteiger charge is 2.27. The molecular weight excluding hydrogens is 321 g/mol. The number of anilines is 1. The van der Waals surface area contributed by atoms with E-state index >= 15 is 0 Å². The molecule has 20 heavy (non-hydrogen) atoms. The molecule has 0 radical (unpaired) electrons. The van der Waals surface area contributed by atoms with Crippen molar-refractivity contribution in [3.8, 4) is 0 Å². The van der Waals surface area contributed by atoms with Gasteiger partial charge in [-0.15, -0.1) is 0 Å². The predicted molar refractivity (Wildman–Crippen MR) is 82.8 cm³/mol. The minimum Gasteiger partial charge on any atom is -0.303 e. The number of halogens is 2. The second-order valence-electron chi connectivity index (χ2n) is 3.85. The molecule has 3 amide bonds. The zero-order valence-corrected chi connectivity index (χ0v) is 12.8. The Morgan fingerprint density at radius 2 is 2.10 bits per heavy atom. The number of carbonyl (C=O) groups excluding carboxylic acids is 2. The van der Waals surface area contributed by atoms with Crippen molar-refractivity contribution in [2.24, 2.45) is 4.99 Å². The number of urea groups is 1. The molecule has 2 rings (SSSR count). The van der Waals surface area contributed by atoms with Crippen molar-refractivity contribution < 1.29 is 9.59 Å². The molecule has 0 saturated carbocycles. The van der Waals surface area contributed by atoms with E-state index in [1.807, 2.05) is 6.92 Å². The number of nitrogens with zero attached hydrogens (tertiary/aromatic N) is 2. The van der Waals surface area contributed by atoms with Crippen molar-refractivity contribution in [1.82, 2.24) is 4.90 Å². The minimum absolute atomic E-state index is 0.0557. The Kier molecular flexibility index (Phi) is 4.91. The van der Waals surface area contributed by atoms with Crippen LogP contribution in [0.25, 0.3) is 0 Å². The molecule has 1 fully saturated rings. The number of amides is 3. The first-order valence-corrected chi connectivity index (χ1v) is 7.54. The maximum absolute atomic E-state index is 11.9. The maximum atomic E-state index is 11.9. The van der Waals surface area contributed by atoms with Crippen LogP contribution in [0.4, 0.5) is 10.5 Å². The molecule has 106 valence electrons. The molecule has 1 aromatic rings. The largest absolute Gasteiger partial charge is 0.347 e. The zero-order valence-electron chi connectivity index (χ0n) is 10.5. The van der Waals surface area contributed by atoms with Gasteiger partial charge in [-0.2, -0.15) is 4.99 Å². The lowest BCUT2D eigenvalue weighted by molar-refractivity contribution is -0.123. The first-order valence-electron chi connectivity index (χ1n) is 5.79. The summed E-state index contributed by atoms with van der Waals surface area (Å²) in [4.78, 5) is 28.7. The number of para-hydroxylation sites is 1. The molecule has 0 aliphatic carbocycles. The number of nitrogens with one attached hydrogen (secondary N) is 1. The van der Waals surface area contributed by atoms with E-state index in [9.17, 15) is 9.59 Å². The lowest BCUT2D eigenvalue weighted by Crippen LogP contribution is -2.30. The third-order valence-corrected chi connectivity index (χ3v) is 4.16. The van der Waals surface area contributed by atoms with E-state index in [0.29, 0.717) is 33.2 Å². The third-order valence-electron chi connectivity index (χ3n) is 2.56. The summed E-state index contributed by atoms with van der Waals surface area (Å²) in [6.45, 7) is 2.30. The molecule has 5 nitrogen and oxygen atoms in total. The van der Waals surface area contributed by atoms with Crippen LogP contribution in [0.2, 0.25) is 10.0 Å². The van der Waals surface area contributed by atoms with Gasteiger partial charge in [-0.25, -0.2) is 4.79 Å². The van der Waals surface area contributed by atoms with Gasteiger partial charge in [0.1, 0.15) is 0 Å². The molecule has 0 atom stereocenters. The first kappa shape index (κ1) is 15.2. The highest BCUT2D eigenvalue weighted by Crippen LogP contribution is 2.30. The number of hydrogen-bond donors (Lipinski definition) is 1. The van der Waals surface area contributed by atoms with Crippen LogP contribution >= 0.6 is 35.0 Å². The molecule has 1 saturated heterocycles. The second kappa shape index (κ2) is 6.47. The normalized spacial score (nSPS) is 16.9. The van der Waals surface area contributed by atoms with E-state index in [-0.39, 0.29) is 5.91 Å². The van der Waals surface area contributed by atoms with Crippen LogP contribution in [-0.2, 0) is 4.79 Å². The molecule has 8 heteroatoms. The number of rotatable bonds is 2. The monoisotopic (exact) mass is 331 g/mol. The van der Waals surface area contributed by atoms with E-state index in [1.165, 1.54) is 16.7 Å².